The van der Waals surface area contributed by atoms with E-state index in [-0.39, 0.29) is 5.91 Å². The van der Waals surface area contributed by atoms with Crippen LogP contribution >= 0.6 is 0 Å². The lowest BCUT2D eigenvalue weighted by Gasteiger charge is -2.16. The molecule has 1 aromatic rings. The molecule has 1 aromatic carbocycles. The molecule has 0 heterocycles. The molecule has 1 aliphatic carbocycles. The summed E-state index contributed by atoms with van der Waals surface area (Å²) < 4.78 is 0. The molecule has 2 rings (SSSR count). The number of rotatable bonds is 4. The van der Waals surface area contributed by atoms with Crippen molar-refractivity contribution in [1.29, 1.82) is 0 Å². The maximum atomic E-state index is 12.0. The summed E-state index contributed by atoms with van der Waals surface area (Å²) in [5, 5.41) is 7.10. The van der Waals surface area contributed by atoms with Crippen molar-refractivity contribution in [1.82, 2.24) is 5.43 Å². The zero-order chi connectivity index (χ0) is 13.5. The minimum absolute atomic E-state index is 0.169. The lowest BCUT2D eigenvalue weighted by Crippen LogP contribution is -2.20. The van der Waals surface area contributed by atoms with Gasteiger partial charge in [0, 0.05) is 18.9 Å². The summed E-state index contributed by atoms with van der Waals surface area (Å²) >= 11 is 0. The molecule has 102 valence electrons. The lowest BCUT2D eigenvalue weighted by molar-refractivity contribution is 0.0955. The first-order valence-electron chi connectivity index (χ1n) is 6.91. The van der Waals surface area contributed by atoms with Crippen LogP contribution in [0, 0.1) is 5.92 Å². The third kappa shape index (κ3) is 3.81. The minimum atomic E-state index is -0.169. The van der Waals surface area contributed by atoms with E-state index in [0.29, 0.717) is 11.5 Å². The molecule has 1 amide bonds. The number of benzene rings is 1. The van der Waals surface area contributed by atoms with Gasteiger partial charge in [-0.05, 0) is 30.9 Å². The van der Waals surface area contributed by atoms with Crippen molar-refractivity contribution >= 4 is 17.8 Å². The fraction of sp³-hybridized carbons (Fsp3) is 0.467. The molecule has 0 bridgehead atoms. The van der Waals surface area contributed by atoms with Crippen molar-refractivity contribution in [2.24, 2.45) is 11.0 Å². The van der Waals surface area contributed by atoms with E-state index in [0.717, 1.165) is 5.69 Å². The fourth-order valence-corrected chi connectivity index (χ4v) is 2.44. The van der Waals surface area contributed by atoms with Gasteiger partial charge in [0.2, 0.25) is 0 Å². The Balaban J connectivity index is 1.91. The molecule has 2 N–H and O–H groups in total. The van der Waals surface area contributed by atoms with Crippen LogP contribution in [-0.2, 0) is 0 Å². The molecule has 0 saturated heterocycles. The Morgan fingerprint density at radius 3 is 2.74 bits per heavy atom. The van der Waals surface area contributed by atoms with Crippen molar-refractivity contribution in [3.63, 3.8) is 0 Å². The van der Waals surface area contributed by atoms with Crippen LogP contribution in [0.4, 0.5) is 5.69 Å². The van der Waals surface area contributed by atoms with Crippen molar-refractivity contribution < 1.29 is 4.79 Å². The van der Waals surface area contributed by atoms with E-state index in [1.807, 2.05) is 24.4 Å². The zero-order valence-electron chi connectivity index (χ0n) is 11.4. The van der Waals surface area contributed by atoms with Crippen LogP contribution < -0.4 is 10.7 Å². The molecule has 1 aliphatic rings. The predicted molar refractivity (Wildman–Crippen MR) is 78.5 cm³/mol. The molecule has 1 saturated carbocycles. The predicted octanol–water partition coefficient (Wildman–Crippen LogP) is 3.02. The van der Waals surface area contributed by atoms with Gasteiger partial charge >= 0.3 is 0 Å². The summed E-state index contributed by atoms with van der Waals surface area (Å²) in [4.78, 5) is 12.0. The number of hydrogen-bond donors (Lipinski definition) is 2. The number of carbonyl (C=O) groups is 1. The van der Waals surface area contributed by atoms with E-state index in [4.69, 9.17) is 0 Å². The molecule has 4 heteroatoms. The highest BCUT2D eigenvalue weighted by atomic mass is 16.2. The third-order valence-corrected chi connectivity index (χ3v) is 3.54. The Bertz CT molecular complexity index is 450. The first kappa shape index (κ1) is 13.6. The van der Waals surface area contributed by atoms with Gasteiger partial charge in [-0.3, -0.25) is 4.79 Å². The maximum Gasteiger partial charge on any atom is 0.273 e. The summed E-state index contributed by atoms with van der Waals surface area (Å²) in [5.41, 5.74) is 4.04. The molecule has 0 aromatic heterocycles. The number of nitrogens with zero attached hydrogens (tertiary/aromatic N) is 1. The lowest BCUT2D eigenvalue weighted by atomic mass is 9.90. The third-order valence-electron chi connectivity index (χ3n) is 3.54. The van der Waals surface area contributed by atoms with Gasteiger partial charge in [-0.15, -0.1) is 0 Å². The van der Waals surface area contributed by atoms with Gasteiger partial charge < -0.3 is 5.32 Å². The molecule has 19 heavy (non-hydrogen) atoms. The normalized spacial score (nSPS) is 16.5. The summed E-state index contributed by atoms with van der Waals surface area (Å²) in [5.74, 6) is 0.352. The van der Waals surface area contributed by atoms with Crippen LogP contribution in [0.25, 0.3) is 0 Å². The largest absolute Gasteiger partial charge is 0.387 e. The number of carbonyl (C=O) groups excluding carboxylic acids is 1. The maximum absolute atomic E-state index is 12.0. The number of hydrazone groups is 1. The van der Waals surface area contributed by atoms with Gasteiger partial charge in [0.15, 0.2) is 0 Å². The van der Waals surface area contributed by atoms with E-state index in [1.54, 1.807) is 13.1 Å². The molecular formula is C15H21N3O. The zero-order valence-corrected chi connectivity index (χ0v) is 11.4. The van der Waals surface area contributed by atoms with Crippen LogP contribution in [0.5, 0.6) is 0 Å². The van der Waals surface area contributed by atoms with Crippen molar-refractivity contribution in [2.45, 2.75) is 32.1 Å². The van der Waals surface area contributed by atoms with Crippen LogP contribution in [0.2, 0.25) is 0 Å². The van der Waals surface area contributed by atoms with Gasteiger partial charge in [-0.25, -0.2) is 5.43 Å². The standard InChI is InChI=1S/C15H21N3O/c1-16-14-10-6-5-9-13(14)15(19)18-17-11-12-7-3-2-4-8-12/h5-6,9-12,16H,2-4,7-8H2,1H3,(H,18,19)/b17-11+. The second kappa shape index (κ2) is 6.92. The van der Waals surface area contributed by atoms with Crippen LogP contribution in [0.15, 0.2) is 29.4 Å². The fourth-order valence-electron chi connectivity index (χ4n) is 2.44. The Morgan fingerprint density at radius 1 is 1.26 bits per heavy atom. The first-order valence-corrected chi connectivity index (χ1v) is 6.91. The van der Waals surface area contributed by atoms with Gasteiger partial charge in [0.1, 0.15) is 0 Å². The van der Waals surface area contributed by atoms with Gasteiger partial charge in [0.25, 0.3) is 5.91 Å². The van der Waals surface area contributed by atoms with Gasteiger partial charge in [0.05, 0.1) is 5.56 Å². The first-order chi connectivity index (χ1) is 9.31. The summed E-state index contributed by atoms with van der Waals surface area (Å²) in [7, 11) is 1.80. The highest BCUT2D eigenvalue weighted by Gasteiger charge is 2.12. The van der Waals surface area contributed by atoms with Gasteiger partial charge in [-0.2, -0.15) is 5.10 Å². The smallest absolute Gasteiger partial charge is 0.273 e. The van der Waals surface area contributed by atoms with Crippen LogP contribution in [0.3, 0.4) is 0 Å². The molecule has 0 aliphatic heterocycles. The average molecular weight is 259 g/mol. The molecular weight excluding hydrogens is 238 g/mol. The topological polar surface area (TPSA) is 53.5 Å². The van der Waals surface area contributed by atoms with E-state index in [1.165, 1.54) is 32.1 Å². The Hall–Kier alpha value is -1.84. The summed E-state index contributed by atoms with van der Waals surface area (Å²) in [6.07, 6.45) is 8.13. The number of para-hydroxylation sites is 1. The molecule has 0 unspecified atom stereocenters. The number of anilines is 1. The molecule has 0 spiro atoms. The van der Waals surface area contributed by atoms with Crippen LogP contribution in [0.1, 0.15) is 42.5 Å². The second-order valence-corrected chi connectivity index (χ2v) is 4.91. The molecule has 0 radical (unpaired) electrons. The van der Waals surface area contributed by atoms with E-state index in [2.05, 4.69) is 15.8 Å². The second-order valence-electron chi connectivity index (χ2n) is 4.91. The average Bonchev–Trinajstić information content (AvgIpc) is 2.48. The van der Waals surface area contributed by atoms with E-state index < -0.39 is 0 Å². The Morgan fingerprint density at radius 2 is 2.00 bits per heavy atom. The Kier molecular flexibility index (Phi) is 4.95. The van der Waals surface area contributed by atoms with Crippen molar-refractivity contribution in [3.8, 4) is 0 Å². The summed E-state index contributed by atoms with van der Waals surface area (Å²) in [6.45, 7) is 0. The van der Waals surface area contributed by atoms with E-state index in [9.17, 15) is 4.79 Å². The Labute approximate surface area is 114 Å². The number of hydrogen-bond acceptors (Lipinski definition) is 3. The van der Waals surface area contributed by atoms with Crippen molar-refractivity contribution in [3.05, 3.63) is 29.8 Å². The van der Waals surface area contributed by atoms with E-state index >= 15 is 0 Å². The van der Waals surface area contributed by atoms with Gasteiger partial charge in [-0.1, -0.05) is 31.4 Å². The van der Waals surface area contributed by atoms with Crippen molar-refractivity contribution in [2.75, 3.05) is 12.4 Å². The monoisotopic (exact) mass is 259 g/mol. The summed E-state index contributed by atoms with van der Waals surface area (Å²) in [6, 6.07) is 7.41. The SMILES string of the molecule is CNc1ccccc1C(=O)N/N=C/C1CCCCC1. The molecule has 4 nitrogen and oxygen atoms in total. The molecule has 1 fully saturated rings. The minimum Gasteiger partial charge on any atom is -0.387 e. The highest BCUT2D eigenvalue weighted by Crippen LogP contribution is 2.21. The number of amides is 1. The number of nitrogens with one attached hydrogen (secondary N) is 2. The quantitative estimate of drug-likeness (QED) is 0.645. The van der Waals surface area contributed by atoms with Crippen LogP contribution in [-0.4, -0.2) is 19.2 Å². The molecule has 0 atom stereocenters. The highest BCUT2D eigenvalue weighted by molar-refractivity contribution is 5.99.